The summed E-state index contributed by atoms with van der Waals surface area (Å²) < 4.78 is 5.32. The van der Waals surface area contributed by atoms with Crippen molar-refractivity contribution in [2.24, 2.45) is 5.10 Å². The van der Waals surface area contributed by atoms with Crippen molar-refractivity contribution in [3.05, 3.63) is 57.0 Å². The zero-order chi connectivity index (χ0) is 17.7. The van der Waals surface area contributed by atoms with Gasteiger partial charge in [0.25, 0.3) is 5.91 Å². The largest absolute Gasteiger partial charge is 0.482 e. The van der Waals surface area contributed by atoms with Gasteiger partial charge in [0.1, 0.15) is 5.75 Å². The predicted octanol–water partition coefficient (Wildman–Crippen LogP) is 4.15. The second-order valence-corrected chi connectivity index (χ2v) is 6.06. The van der Waals surface area contributed by atoms with E-state index in [-0.39, 0.29) is 22.4 Å². The highest BCUT2D eigenvalue weighted by Gasteiger charge is 2.09. The fourth-order valence-electron chi connectivity index (χ4n) is 1.76. The Morgan fingerprint density at radius 2 is 1.88 bits per heavy atom. The van der Waals surface area contributed by atoms with E-state index in [1.54, 1.807) is 25.1 Å². The fraction of sp³-hybridized carbons (Fsp3) is 0.125. The molecule has 24 heavy (non-hydrogen) atoms. The van der Waals surface area contributed by atoms with Gasteiger partial charge in [-0.15, -0.1) is 0 Å². The Labute approximate surface area is 154 Å². The first-order chi connectivity index (χ1) is 11.4. The van der Waals surface area contributed by atoms with Gasteiger partial charge in [0.05, 0.1) is 20.8 Å². The van der Waals surface area contributed by atoms with Gasteiger partial charge < -0.3 is 10.5 Å². The number of benzene rings is 2. The van der Waals surface area contributed by atoms with E-state index in [1.165, 1.54) is 12.1 Å². The quantitative estimate of drug-likeness (QED) is 0.351. The number of nitrogens with one attached hydrogen (secondary N) is 1. The number of ether oxygens (including phenoxy) is 1. The first-order valence-electron chi connectivity index (χ1n) is 6.83. The lowest BCUT2D eigenvalue weighted by Crippen LogP contribution is -2.25. The van der Waals surface area contributed by atoms with E-state index in [9.17, 15) is 4.79 Å². The van der Waals surface area contributed by atoms with Crippen LogP contribution in [-0.4, -0.2) is 18.2 Å². The maximum Gasteiger partial charge on any atom is 0.277 e. The van der Waals surface area contributed by atoms with Gasteiger partial charge >= 0.3 is 0 Å². The summed E-state index contributed by atoms with van der Waals surface area (Å²) in [4.78, 5) is 11.8. The summed E-state index contributed by atoms with van der Waals surface area (Å²) in [6.45, 7) is 1.48. The number of hydrazone groups is 1. The molecule has 8 heteroatoms. The number of amides is 1. The molecule has 0 fully saturated rings. The van der Waals surface area contributed by atoms with E-state index in [4.69, 9.17) is 45.3 Å². The van der Waals surface area contributed by atoms with Gasteiger partial charge in [-0.05, 0) is 30.7 Å². The van der Waals surface area contributed by atoms with E-state index in [0.717, 1.165) is 5.56 Å². The molecule has 0 aromatic heterocycles. The molecule has 0 atom stereocenters. The summed E-state index contributed by atoms with van der Waals surface area (Å²) >= 11 is 17.7. The molecule has 0 spiro atoms. The van der Waals surface area contributed by atoms with Crippen molar-refractivity contribution in [3.63, 3.8) is 0 Å². The molecule has 3 N–H and O–H groups in total. The third-order valence-corrected chi connectivity index (χ3v) is 4.00. The molecule has 2 aromatic carbocycles. The third-order valence-electron chi connectivity index (χ3n) is 2.99. The Hall–Kier alpha value is -1.95. The molecule has 0 unspecified atom stereocenters. The van der Waals surface area contributed by atoms with E-state index >= 15 is 0 Å². The van der Waals surface area contributed by atoms with Crippen LogP contribution in [0.15, 0.2) is 41.5 Å². The molecule has 2 aromatic rings. The number of carbonyl (C=O) groups excluding carboxylic acids is 1. The van der Waals surface area contributed by atoms with Crippen LogP contribution in [0.1, 0.15) is 12.5 Å². The molecule has 0 saturated heterocycles. The predicted molar refractivity (Wildman–Crippen MR) is 98.2 cm³/mol. The molecule has 0 aliphatic heterocycles. The molecule has 0 saturated carbocycles. The van der Waals surface area contributed by atoms with E-state index in [1.807, 2.05) is 6.07 Å². The van der Waals surface area contributed by atoms with Crippen molar-refractivity contribution in [2.75, 3.05) is 12.3 Å². The highest BCUT2D eigenvalue weighted by atomic mass is 35.5. The first-order valence-corrected chi connectivity index (χ1v) is 7.96. The van der Waals surface area contributed by atoms with E-state index < -0.39 is 5.91 Å². The Morgan fingerprint density at radius 1 is 1.17 bits per heavy atom. The van der Waals surface area contributed by atoms with Gasteiger partial charge in [-0.3, -0.25) is 4.79 Å². The number of nitrogens with zero attached hydrogens (tertiary/aromatic N) is 1. The van der Waals surface area contributed by atoms with Crippen LogP contribution in [0.3, 0.4) is 0 Å². The summed E-state index contributed by atoms with van der Waals surface area (Å²) in [5, 5.41) is 4.85. The molecule has 0 aliphatic rings. The number of halogens is 3. The number of nitrogen functional groups attached to an aromatic ring is 1. The molecular weight excluding hydrogens is 373 g/mol. The zero-order valence-corrected chi connectivity index (χ0v) is 14.9. The average molecular weight is 387 g/mol. The fourth-order valence-corrected chi connectivity index (χ4v) is 2.36. The monoisotopic (exact) mass is 385 g/mol. The van der Waals surface area contributed by atoms with Gasteiger partial charge in [0.15, 0.2) is 6.61 Å². The van der Waals surface area contributed by atoms with Crippen molar-refractivity contribution < 1.29 is 9.53 Å². The van der Waals surface area contributed by atoms with Crippen LogP contribution in [0.4, 0.5) is 5.69 Å². The van der Waals surface area contributed by atoms with Gasteiger partial charge in [0.2, 0.25) is 0 Å². The lowest BCUT2D eigenvalue weighted by Gasteiger charge is -2.09. The van der Waals surface area contributed by atoms with Crippen molar-refractivity contribution in [2.45, 2.75) is 6.92 Å². The lowest BCUT2D eigenvalue weighted by molar-refractivity contribution is -0.123. The number of rotatable bonds is 5. The van der Waals surface area contributed by atoms with Gasteiger partial charge in [-0.1, -0.05) is 46.9 Å². The average Bonchev–Trinajstić information content (AvgIpc) is 2.54. The highest BCUT2D eigenvalue weighted by molar-refractivity contribution is 6.43. The standard InChI is InChI=1S/C16H14Cl3N3O2/c1-9(10-3-2-4-11(20)5-10)21-22-16(23)8-24-15-7-13(18)12(17)6-14(15)19/h2-7H,8,20H2,1H3,(H,22,23)/b21-9+. The van der Waals surface area contributed by atoms with Crippen LogP contribution >= 0.6 is 34.8 Å². The maximum absolute atomic E-state index is 11.8. The van der Waals surface area contributed by atoms with Crippen LogP contribution in [0.2, 0.25) is 15.1 Å². The molecule has 0 aliphatic carbocycles. The molecule has 0 bridgehead atoms. The summed E-state index contributed by atoms with van der Waals surface area (Å²) in [6, 6.07) is 10.1. The molecular formula is C16H14Cl3N3O2. The topological polar surface area (TPSA) is 76.7 Å². The van der Waals surface area contributed by atoms with Crippen LogP contribution in [0.25, 0.3) is 0 Å². The minimum atomic E-state index is -0.444. The van der Waals surface area contributed by atoms with Gasteiger partial charge in [-0.25, -0.2) is 5.43 Å². The Balaban J connectivity index is 1.94. The van der Waals surface area contributed by atoms with Gasteiger partial charge in [-0.2, -0.15) is 5.10 Å². The first kappa shape index (κ1) is 18.4. The Kier molecular flexibility index (Phi) is 6.31. The van der Waals surface area contributed by atoms with Crippen molar-refractivity contribution in [3.8, 4) is 5.75 Å². The minimum absolute atomic E-state index is 0.261. The van der Waals surface area contributed by atoms with Crippen LogP contribution < -0.4 is 15.9 Å². The Morgan fingerprint density at radius 3 is 2.58 bits per heavy atom. The summed E-state index contributed by atoms with van der Waals surface area (Å²) in [7, 11) is 0. The molecule has 1 amide bonds. The molecule has 0 radical (unpaired) electrons. The summed E-state index contributed by atoms with van der Waals surface area (Å²) in [5.74, 6) is -0.182. The van der Waals surface area contributed by atoms with Crippen molar-refractivity contribution in [1.29, 1.82) is 0 Å². The van der Waals surface area contributed by atoms with Crippen LogP contribution in [-0.2, 0) is 4.79 Å². The smallest absolute Gasteiger partial charge is 0.277 e. The SMILES string of the molecule is C/C(=N\NC(=O)COc1cc(Cl)c(Cl)cc1Cl)c1cccc(N)c1. The van der Waals surface area contributed by atoms with Crippen LogP contribution in [0.5, 0.6) is 5.75 Å². The number of nitrogens with two attached hydrogens (primary N) is 1. The number of hydrogen-bond acceptors (Lipinski definition) is 4. The molecule has 0 heterocycles. The maximum atomic E-state index is 11.8. The summed E-state index contributed by atoms with van der Waals surface area (Å²) in [6.07, 6.45) is 0. The van der Waals surface area contributed by atoms with E-state index in [0.29, 0.717) is 16.4 Å². The lowest BCUT2D eigenvalue weighted by atomic mass is 10.1. The third kappa shape index (κ3) is 5.03. The minimum Gasteiger partial charge on any atom is -0.482 e. The Bertz CT molecular complexity index is 794. The number of carbonyl (C=O) groups is 1. The summed E-state index contributed by atoms with van der Waals surface area (Å²) in [5.41, 5.74) is 10.1. The zero-order valence-electron chi connectivity index (χ0n) is 12.6. The van der Waals surface area contributed by atoms with Crippen LogP contribution in [0, 0.1) is 0 Å². The van der Waals surface area contributed by atoms with Crippen molar-refractivity contribution >= 4 is 52.1 Å². The van der Waals surface area contributed by atoms with Gasteiger partial charge in [0, 0.05) is 11.8 Å². The molecule has 5 nitrogen and oxygen atoms in total. The number of hydrogen-bond donors (Lipinski definition) is 2. The second kappa shape index (κ2) is 8.24. The molecule has 126 valence electrons. The van der Waals surface area contributed by atoms with Crippen molar-refractivity contribution in [1.82, 2.24) is 5.43 Å². The highest BCUT2D eigenvalue weighted by Crippen LogP contribution is 2.33. The number of anilines is 1. The molecule has 2 rings (SSSR count). The second-order valence-electron chi connectivity index (χ2n) is 4.84. The van der Waals surface area contributed by atoms with E-state index in [2.05, 4.69) is 10.5 Å². The normalized spacial score (nSPS) is 11.2.